The predicted molar refractivity (Wildman–Crippen MR) is 91.2 cm³/mol. The van der Waals surface area contributed by atoms with E-state index < -0.39 is 0 Å². The molecule has 1 amide bonds. The van der Waals surface area contributed by atoms with Crippen LogP contribution in [0.1, 0.15) is 12.8 Å². The van der Waals surface area contributed by atoms with E-state index in [2.05, 4.69) is 16.3 Å². The molecule has 0 aromatic heterocycles. The molecule has 126 valence electrons. The first-order valence-electron chi connectivity index (χ1n) is 8.44. The largest absolute Gasteiger partial charge is 0.376 e. The predicted octanol–water partition coefficient (Wildman–Crippen LogP) is 0.340. The first-order chi connectivity index (χ1) is 11.2. The second-order valence-corrected chi connectivity index (χ2v) is 6.71. The SMILES string of the molecule is O=C(C[NH+]1CCN(c2ccccc2Cl)CC1)NC[C@H]1CCCO1. The Morgan fingerprint density at radius 1 is 1.35 bits per heavy atom. The van der Waals surface area contributed by atoms with Crippen molar-refractivity contribution in [2.45, 2.75) is 18.9 Å². The minimum Gasteiger partial charge on any atom is -0.376 e. The van der Waals surface area contributed by atoms with Crippen LogP contribution in [0.4, 0.5) is 5.69 Å². The molecule has 0 bridgehead atoms. The molecule has 23 heavy (non-hydrogen) atoms. The molecule has 1 aromatic carbocycles. The van der Waals surface area contributed by atoms with Crippen molar-refractivity contribution in [3.05, 3.63) is 29.3 Å². The summed E-state index contributed by atoms with van der Waals surface area (Å²) >= 11 is 6.26. The molecule has 2 aliphatic heterocycles. The molecule has 2 N–H and O–H groups in total. The summed E-state index contributed by atoms with van der Waals surface area (Å²) in [5.41, 5.74) is 1.09. The molecule has 1 atom stereocenters. The zero-order chi connectivity index (χ0) is 16.1. The van der Waals surface area contributed by atoms with E-state index in [9.17, 15) is 4.79 Å². The molecule has 0 saturated carbocycles. The van der Waals surface area contributed by atoms with Crippen molar-refractivity contribution in [1.82, 2.24) is 5.32 Å². The van der Waals surface area contributed by atoms with E-state index in [4.69, 9.17) is 16.3 Å². The van der Waals surface area contributed by atoms with E-state index in [0.29, 0.717) is 13.1 Å². The molecule has 0 aliphatic carbocycles. The number of nitrogens with one attached hydrogen (secondary N) is 2. The summed E-state index contributed by atoms with van der Waals surface area (Å²) in [6.07, 6.45) is 2.38. The normalized spacial score (nSPS) is 22.3. The number of quaternary nitrogens is 1. The number of para-hydroxylation sites is 1. The van der Waals surface area contributed by atoms with Crippen LogP contribution >= 0.6 is 11.6 Å². The van der Waals surface area contributed by atoms with Gasteiger partial charge in [-0.25, -0.2) is 0 Å². The smallest absolute Gasteiger partial charge is 0.275 e. The number of ether oxygens (including phenoxy) is 1. The van der Waals surface area contributed by atoms with Crippen molar-refractivity contribution in [3.8, 4) is 0 Å². The van der Waals surface area contributed by atoms with Crippen molar-refractivity contribution in [2.75, 3.05) is 50.8 Å². The number of anilines is 1. The minimum atomic E-state index is 0.127. The molecular weight excluding hydrogens is 314 g/mol. The van der Waals surface area contributed by atoms with Crippen LogP contribution in [0.15, 0.2) is 24.3 Å². The zero-order valence-electron chi connectivity index (χ0n) is 13.4. The van der Waals surface area contributed by atoms with Gasteiger partial charge in [0.1, 0.15) is 0 Å². The van der Waals surface area contributed by atoms with E-state index in [1.165, 1.54) is 4.90 Å². The summed E-state index contributed by atoms with van der Waals surface area (Å²) in [4.78, 5) is 15.7. The highest BCUT2D eigenvalue weighted by Crippen LogP contribution is 2.24. The molecular formula is C17H25ClN3O2+. The number of carbonyl (C=O) groups excluding carboxylic acids is 1. The maximum absolute atomic E-state index is 12.1. The lowest BCUT2D eigenvalue weighted by atomic mass is 10.2. The van der Waals surface area contributed by atoms with Gasteiger partial charge < -0.3 is 19.9 Å². The molecule has 1 aromatic rings. The van der Waals surface area contributed by atoms with Gasteiger partial charge >= 0.3 is 0 Å². The molecule has 0 spiro atoms. The van der Waals surface area contributed by atoms with Crippen LogP contribution in [0.2, 0.25) is 5.02 Å². The molecule has 6 heteroatoms. The van der Waals surface area contributed by atoms with Crippen molar-refractivity contribution >= 4 is 23.2 Å². The Labute approximate surface area is 142 Å². The van der Waals surface area contributed by atoms with Crippen LogP contribution < -0.4 is 15.1 Å². The summed E-state index contributed by atoms with van der Waals surface area (Å²) in [5, 5.41) is 3.80. The van der Waals surface area contributed by atoms with Gasteiger partial charge in [0.15, 0.2) is 6.54 Å². The van der Waals surface area contributed by atoms with E-state index in [0.717, 1.165) is 56.3 Å². The van der Waals surface area contributed by atoms with Crippen molar-refractivity contribution < 1.29 is 14.4 Å². The minimum absolute atomic E-state index is 0.127. The van der Waals surface area contributed by atoms with Crippen LogP contribution in [-0.2, 0) is 9.53 Å². The number of carbonyl (C=O) groups is 1. The van der Waals surface area contributed by atoms with Crippen molar-refractivity contribution in [1.29, 1.82) is 0 Å². The summed E-state index contributed by atoms with van der Waals surface area (Å²) < 4.78 is 5.53. The highest BCUT2D eigenvalue weighted by atomic mass is 35.5. The van der Waals surface area contributed by atoms with Crippen molar-refractivity contribution in [2.24, 2.45) is 0 Å². The molecule has 0 unspecified atom stereocenters. The fraction of sp³-hybridized carbons (Fsp3) is 0.588. The Bertz CT molecular complexity index is 526. The lowest BCUT2D eigenvalue weighted by Gasteiger charge is -2.33. The highest BCUT2D eigenvalue weighted by Gasteiger charge is 2.24. The third-order valence-electron chi connectivity index (χ3n) is 4.63. The summed E-state index contributed by atoms with van der Waals surface area (Å²) in [6.45, 7) is 5.80. The van der Waals surface area contributed by atoms with Gasteiger partial charge in [-0.2, -0.15) is 0 Å². The number of nitrogens with zero attached hydrogens (tertiary/aromatic N) is 1. The number of hydrogen-bond donors (Lipinski definition) is 2. The first kappa shape index (κ1) is 16.6. The molecule has 5 nitrogen and oxygen atoms in total. The number of rotatable bonds is 5. The Morgan fingerprint density at radius 3 is 2.83 bits per heavy atom. The van der Waals surface area contributed by atoms with Gasteiger partial charge in [-0.15, -0.1) is 0 Å². The lowest BCUT2D eigenvalue weighted by molar-refractivity contribution is -0.892. The zero-order valence-corrected chi connectivity index (χ0v) is 14.1. The topological polar surface area (TPSA) is 46.0 Å². The van der Waals surface area contributed by atoms with Gasteiger partial charge in [0, 0.05) is 13.2 Å². The summed E-state index contributed by atoms with van der Waals surface area (Å²) in [5.74, 6) is 0.127. The highest BCUT2D eigenvalue weighted by molar-refractivity contribution is 6.33. The Morgan fingerprint density at radius 2 is 2.13 bits per heavy atom. The second kappa shape index (κ2) is 7.99. The van der Waals surface area contributed by atoms with Gasteiger partial charge in [-0.05, 0) is 25.0 Å². The number of benzene rings is 1. The third-order valence-corrected chi connectivity index (χ3v) is 4.94. The van der Waals surface area contributed by atoms with E-state index in [1.807, 2.05) is 18.2 Å². The Hall–Kier alpha value is -1.30. The number of halogens is 1. The maximum atomic E-state index is 12.1. The quantitative estimate of drug-likeness (QED) is 0.814. The van der Waals surface area contributed by atoms with Gasteiger partial charge in [0.05, 0.1) is 43.0 Å². The molecule has 3 rings (SSSR count). The maximum Gasteiger partial charge on any atom is 0.275 e. The van der Waals surface area contributed by atoms with E-state index in [1.54, 1.807) is 0 Å². The Kier molecular flexibility index (Phi) is 5.75. The molecule has 0 radical (unpaired) electrons. The monoisotopic (exact) mass is 338 g/mol. The van der Waals surface area contributed by atoms with E-state index in [-0.39, 0.29) is 12.0 Å². The molecule has 2 aliphatic rings. The average Bonchev–Trinajstić information content (AvgIpc) is 3.08. The van der Waals surface area contributed by atoms with Crippen LogP contribution in [0.25, 0.3) is 0 Å². The molecule has 2 fully saturated rings. The lowest BCUT2D eigenvalue weighted by Crippen LogP contribution is -3.16. The van der Waals surface area contributed by atoms with Crippen molar-refractivity contribution in [3.63, 3.8) is 0 Å². The van der Waals surface area contributed by atoms with Gasteiger partial charge in [-0.1, -0.05) is 23.7 Å². The van der Waals surface area contributed by atoms with Gasteiger partial charge in [0.2, 0.25) is 0 Å². The van der Waals surface area contributed by atoms with Gasteiger partial charge in [-0.3, -0.25) is 4.79 Å². The number of hydrogen-bond acceptors (Lipinski definition) is 3. The summed E-state index contributed by atoms with van der Waals surface area (Å²) in [6, 6.07) is 7.95. The van der Waals surface area contributed by atoms with Crippen LogP contribution in [-0.4, -0.2) is 57.9 Å². The molecule has 2 heterocycles. The molecule has 2 saturated heterocycles. The summed E-state index contributed by atoms with van der Waals surface area (Å²) in [7, 11) is 0. The number of piperazine rings is 1. The van der Waals surface area contributed by atoms with Crippen LogP contribution in [0.3, 0.4) is 0 Å². The van der Waals surface area contributed by atoms with Gasteiger partial charge in [0.25, 0.3) is 5.91 Å². The third kappa shape index (κ3) is 4.59. The fourth-order valence-electron chi connectivity index (χ4n) is 3.27. The second-order valence-electron chi connectivity index (χ2n) is 6.30. The Balaban J connectivity index is 1.40. The van der Waals surface area contributed by atoms with E-state index >= 15 is 0 Å². The fourth-order valence-corrected chi connectivity index (χ4v) is 3.53. The standard InChI is InChI=1S/C17H24ClN3O2/c18-15-5-1-2-6-16(15)21-9-7-20(8-10-21)13-17(22)19-12-14-4-3-11-23-14/h1-2,5-6,14H,3-4,7-13H2,(H,19,22)/p+1/t14-/m1/s1. The average molecular weight is 339 g/mol. The van der Waals surface area contributed by atoms with Crippen LogP contribution in [0, 0.1) is 0 Å². The first-order valence-corrected chi connectivity index (χ1v) is 8.81. The number of amides is 1. The van der Waals surface area contributed by atoms with Crippen LogP contribution in [0.5, 0.6) is 0 Å².